The summed E-state index contributed by atoms with van der Waals surface area (Å²) < 4.78 is 4.42. The Kier molecular flexibility index (Phi) is 3.64. The Hall–Kier alpha value is -1.13. The number of aromatic nitrogens is 1. The molecular formula is C13H19N3S. The number of hydrogen-bond donors (Lipinski definition) is 2. The van der Waals surface area contributed by atoms with Crippen LogP contribution in [-0.2, 0) is 0 Å². The maximum atomic E-state index is 5.62. The molecule has 0 spiro atoms. The zero-order valence-electron chi connectivity index (χ0n) is 10.4. The highest BCUT2D eigenvalue weighted by Gasteiger charge is 2.17. The highest BCUT2D eigenvalue weighted by atomic mass is 32.1. The molecular weight excluding hydrogens is 230 g/mol. The van der Waals surface area contributed by atoms with E-state index in [2.05, 4.69) is 29.6 Å². The molecule has 1 aromatic carbocycles. The molecule has 0 radical (unpaired) electrons. The fourth-order valence-electron chi connectivity index (χ4n) is 1.82. The molecule has 0 aliphatic rings. The van der Waals surface area contributed by atoms with Crippen LogP contribution in [0.1, 0.15) is 20.3 Å². The van der Waals surface area contributed by atoms with E-state index in [1.807, 2.05) is 18.2 Å². The van der Waals surface area contributed by atoms with E-state index in [9.17, 15) is 0 Å². The molecule has 17 heavy (non-hydrogen) atoms. The van der Waals surface area contributed by atoms with Crippen LogP contribution in [0.3, 0.4) is 0 Å². The third-order valence-electron chi connectivity index (χ3n) is 2.93. The van der Waals surface area contributed by atoms with Gasteiger partial charge in [-0.15, -0.1) is 0 Å². The van der Waals surface area contributed by atoms with Crippen LogP contribution in [0.15, 0.2) is 24.3 Å². The van der Waals surface area contributed by atoms with Gasteiger partial charge in [0.25, 0.3) is 0 Å². The lowest BCUT2D eigenvalue weighted by Crippen LogP contribution is -2.25. The van der Waals surface area contributed by atoms with E-state index in [0.717, 1.165) is 30.0 Å². The van der Waals surface area contributed by atoms with Gasteiger partial charge in [0, 0.05) is 11.9 Å². The van der Waals surface area contributed by atoms with E-state index in [0.29, 0.717) is 0 Å². The summed E-state index contributed by atoms with van der Waals surface area (Å²) >= 11 is 1.53. The van der Waals surface area contributed by atoms with Crippen molar-refractivity contribution in [1.29, 1.82) is 0 Å². The zero-order valence-corrected chi connectivity index (χ0v) is 11.2. The fraction of sp³-hybridized carbons (Fsp3) is 0.462. The largest absolute Gasteiger partial charge is 0.375 e. The minimum absolute atomic E-state index is 0.222. The van der Waals surface area contributed by atoms with Gasteiger partial charge in [0.2, 0.25) is 0 Å². The quantitative estimate of drug-likeness (QED) is 0.856. The monoisotopic (exact) mass is 249 g/mol. The molecule has 0 aliphatic heterocycles. The molecule has 0 fully saturated rings. The number of hydrogen-bond acceptors (Lipinski definition) is 4. The number of nitrogens with one attached hydrogen (secondary N) is 1. The maximum Gasteiger partial charge on any atom is 0.117 e. The van der Waals surface area contributed by atoms with Crippen LogP contribution in [0.2, 0.25) is 0 Å². The minimum Gasteiger partial charge on any atom is -0.375 e. The molecule has 1 aromatic heterocycles. The summed E-state index contributed by atoms with van der Waals surface area (Å²) in [5, 5.41) is 5.86. The lowest BCUT2D eigenvalue weighted by atomic mass is 9.89. The van der Waals surface area contributed by atoms with Crippen LogP contribution in [0, 0.1) is 5.41 Å². The van der Waals surface area contributed by atoms with E-state index < -0.39 is 0 Å². The second-order valence-electron chi connectivity index (χ2n) is 5.09. The number of nitrogens with two attached hydrogens (primary N) is 1. The molecule has 92 valence electrons. The molecule has 0 amide bonds. The molecule has 1 heterocycles. The molecule has 0 saturated carbocycles. The number of nitrogens with zero attached hydrogens (tertiary/aromatic N) is 1. The van der Waals surface area contributed by atoms with Gasteiger partial charge in [-0.25, -0.2) is 0 Å². The van der Waals surface area contributed by atoms with Crippen LogP contribution in [0.5, 0.6) is 0 Å². The van der Waals surface area contributed by atoms with Crippen LogP contribution in [0.4, 0.5) is 5.00 Å². The number of fused-ring (bicyclic) bond motifs is 1. The molecule has 3 N–H and O–H groups in total. The number of benzene rings is 1. The van der Waals surface area contributed by atoms with Gasteiger partial charge in [-0.1, -0.05) is 26.0 Å². The predicted molar refractivity (Wildman–Crippen MR) is 75.6 cm³/mol. The van der Waals surface area contributed by atoms with Gasteiger partial charge in [-0.3, -0.25) is 0 Å². The second kappa shape index (κ2) is 5.02. The highest BCUT2D eigenvalue weighted by Crippen LogP contribution is 2.29. The number of rotatable bonds is 5. The van der Waals surface area contributed by atoms with Crippen LogP contribution >= 0.6 is 11.5 Å². The van der Waals surface area contributed by atoms with E-state index in [4.69, 9.17) is 5.73 Å². The highest BCUT2D eigenvalue weighted by molar-refractivity contribution is 7.11. The number of anilines is 1. The molecule has 0 unspecified atom stereocenters. The summed E-state index contributed by atoms with van der Waals surface area (Å²) in [5.74, 6) is 0. The average molecular weight is 249 g/mol. The molecule has 3 nitrogen and oxygen atoms in total. The summed E-state index contributed by atoms with van der Waals surface area (Å²) in [4.78, 5) is 0. The van der Waals surface area contributed by atoms with E-state index >= 15 is 0 Å². The van der Waals surface area contributed by atoms with Gasteiger partial charge in [-0.05, 0) is 42.0 Å². The Morgan fingerprint density at radius 3 is 2.88 bits per heavy atom. The molecule has 4 heteroatoms. The van der Waals surface area contributed by atoms with Crippen LogP contribution < -0.4 is 11.1 Å². The van der Waals surface area contributed by atoms with Crippen molar-refractivity contribution in [3.05, 3.63) is 24.3 Å². The SMILES string of the molecule is CC(C)(CCN)CNc1snc2ccccc12. The third-order valence-corrected chi connectivity index (χ3v) is 3.77. The smallest absolute Gasteiger partial charge is 0.117 e. The first-order valence-electron chi connectivity index (χ1n) is 5.91. The first kappa shape index (κ1) is 12.3. The topological polar surface area (TPSA) is 50.9 Å². The molecule has 2 aromatic rings. The molecule has 0 saturated heterocycles. The van der Waals surface area contributed by atoms with E-state index in [-0.39, 0.29) is 5.41 Å². The first-order chi connectivity index (χ1) is 8.12. The normalized spacial score (nSPS) is 11.9. The zero-order chi connectivity index (χ0) is 12.3. The van der Waals surface area contributed by atoms with Crippen molar-refractivity contribution in [2.45, 2.75) is 20.3 Å². The lowest BCUT2D eigenvalue weighted by molar-refractivity contribution is 0.365. The fourth-order valence-corrected chi connectivity index (χ4v) is 2.57. The van der Waals surface area contributed by atoms with Gasteiger partial charge < -0.3 is 11.1 Å². The first-order valence-corrected chi connectivity index (χ1v) is 6.68. The Bertz CT molecular complexity index is 490. The summed E-state index contributed by atoms with van der Waals surface area (Å²) in [5.41, 5.74) is 6.91. The molecule has 0 aliphatic carbocycles. The predicted octanol–water partition coefficient (Wildman–Crippen LogP) is 3.08. The Labute approximate surface area is 106 Å². The molecule has 0 atom stereocenters. The summed E-state index contributed by atoms with van der Waals surface area (Å²) in [6.07, 6.45) is 1.02. The Morgan fingerprint density at radius 2 is 2.12 bits per heavy atom. The van der Waals surface area contributed by atoms with Crippen molar-refractivity contribution in [1.82, 2.24) is 4.37 Å². The Balaban J connectivity index is 2.09. The van der Waals surface area contributed by atoms with Crippen molar-refractivity contribution < 1.29 is 0 Å². The van der Waals surface area contributed by atoms with E-state index in [1.54, 1.807) is 0 Å². The van der Waals surface area contributed by atoms with Gasteiger partial charge in [0.05, 0.1) is 5.52 Å². The van der Waals surface area contributed by atoms with Crippen LogP contribution in [-0.4, -0.2) is 17.5 Å². The third kappa shape index (κ3) is 2.96. The second-order valence-corrected chi connectivity index (χ2v) is 5.86. The van der Waals surface area contributed by atoms with Crippen molar-refractivity contribution in [2.24, 2.45) is 11.1 Å². The molecule has 0 bridgehead atoms. The average Bonchev–Trinajstić information content (AvgIpc) is 2.70. The van der Waals surface area contributed by atoms with Crippen molar-refractivity contribution in [3.63, 3.8) is 0 Å². The summed E-state index contributed by atoms with van der Waals surface area (Å²) in [6, 6.07) is 8.22. The molecule has 2 rings (SSSR count). The maximum absolute atomic E-state index is 5.62. The van der Waals surface area contributed by atoms with Gasteiger partial charge >= 0.3 is 0 Å². The van der Waals surface area contributed by atoms with Crippen molar-refractivity contribution in [3.8, 4) is 0 Å². The van der Waals surface area contributed by atoms with Crippen LogP contribution in [0.25, 0.3) is 10.9 Å². The summed E-state index contributed by atoms with van der Waals surface area (Å²) in [7, 11) is 0. The Morgan fingerprint density at radius 1 is 1.35 bits per heavy atom. The van der Waals surface area contributed by atoms with Gasteiger partial charge in [0.15, 0.2) is 0 Å². The van der Waals surface area contributed by atoms with Crippen molar-refractivity contribution >= 4 is 27.4 Å². The standard InChI is InChI=1S/C13H19N3S/c1-13(2,7-8-14)9-15-12-10-5-3-4-6-11(10)16-17-12/h3-6,15H,7-9,14H2,1-2H3. The van der Waals surface area contributed by atoms with Gasteiger partial charge in [-0.2, -0.15) is 4.37 Å². The minimum atomic E-state index is 0.222. The lowest BCUT2D eigenvalue weighted by Gasteiger charge is -2.24. The van der Waals surface area contributed by atoms with Gasteiger partial charge in [0.1, 0.15) is 5.00 Å². The van der Waals surface area contributed by atoms with Crippen molar-refractivity contribution in [2.75, 3.05) is 18.4 Å². The van der Waals surface area contributed by atoms with E-state index in [1.165, 1.54) is 16.9 Å². The summed E-state index contributed by atoms with van der Waals surface area (Å²) in [6.45, 7) is 6.13.